The van der Waals surface area contributed by atoms with Gasteiger partial charge in [-0.05, 0) is 31.8 Å². The van der Waals surface area contributed by atoms with Crippen molar-refractivity contribution in [1.82, 2.24) is 0 Å². The van der Waals surface area contributed by atoms with Crippen LogP contribution in [-0.2, 0) is 4.43 Å². The molecule has 0 radical (unpaired) electrons. The number of rotatable bonds is 4. The molecule has 0 aromatic heterocycles. The molecule has 0 saturated heterocycles. The Balaban J connectivity index is 2.85. The molecule has 0 aliphatic heterocycles. The minimum absolute atomic E-state index is 0.0953. The summed E-state index contributed by atoms with van der Waals surface area (Å²) < 4.78 is 5.50. The summed E-state index contributed by atoms with van der Waals surface area (Å²) in [5, 5.41) is 10.7. The van der Waals surface area contributed by atoms with E-state index < -0.39 is 13.2 Å². The Kier molecular flexibility index (Phi) is 3.84. The van der Waals surface area contributed by atoms with Gasteiger partial charge in [-0.25, -0.2) is 0 Å². The van der Waals surface area contributed by atoms with Gasteiger partial charge in [0.25, 0.3) is 5.69 Å². The number of nitro benzene ring substituents is 1. The van der Waals surface area contributed by atoms with Crippen molar-refractivity contribution in [3.63, 3.8) is 0 Å². The maximum atomic E-state index is 10.7. The van der Waals surface area contributed by atoms with Gasteiger partial charge in [-0.3, -0.25) is 10.1 Å². The Morgan fingerprint density at radius 1 is 1.31 bits per heavy atom. The zero-order valence-corrected chi connectivity index (χ0v) is 10.6. The van der Waals surface area contributed by atoms with Crippen molar-refractivity contribution < 1.29 is 9.35 Å². The maximum Gasteiger partial charge on any atom is 0.276 e. The molecule has 0 aliphatic rings. The summed E-state index contributed by atoms with van der Waals surface area (Å²) in [6, 6.07) is 6.59. The minimum Gasteiger partial charge on any atom is -0.550 e. The zero-order valence-electron chi connectivity index (χ0n) is 9.64. The largest absolute Gasteiger partial charge is 0.550 e. The van der Waals surface area contributed by atoms with Crippen molar-refractivity contribution >= 4 is 20.1 Å². The van der Waals surface area contributed by atoms with Gasteiger partial charge >= 0.3 is 0 Å². The van der Waals surface area contributed by atoms with Gasteiger partial charge in [-0.2, -0.15) is 0 Å². The second-order valence-corrected chi connectivity index (χ2v) is 8.81. The van der Waals surface area contributed by atoms with Crippen LogP contribution in [0.3, 0.4) is 0 Å². The molecule has 1 rings (SSSR count). The molecule has 1 aromatic carbocycles. The van der Waals surface area contributed by atoms with Gasteiger partial charge in [-0.1, -0.05) is 12.1 Å². The number of nitrogens with zero attached hydrogens (tertiary/aromatic N) is 1. The molecule has 16 heavy (non-hydrogen) atoms. The van der Waals surface area contributed by atoms with Crippen LogP contribution in [0.5, 0.6) is 0 Å². The topological polar surface area (TPSA) is 52.4 Å². The van der Waals surface area contributed by atoms with Crippen molar-refractivity contribution in [2.24, 2.45) is 0 Å². The van der Waals surface area contributed by atoms with E-state index in [0.29, 0.717) is 5.56 Å². The summed E-state index contributed by atoms with van der Waals surface area (Å²) >= 11 is 0. The van der Waals surface area contributed by atoms with Crippen LogP contribution in [0, 0.1) is 10.1 Å². The fourth-order valence-electron chi connectivity index (χ4n) is 1.11. The predicted molar refractivity (Wildman–Crippen MR) is 66.6 cm³/mol. The number of para-hydroxylation sites is 1. The first-order chi connectivity index (χ1) is 7.40. The smallest absolute Gasteiger partial charge is 0.276 e. The monoisotopic (exact) mass is 237 g/mol. The van der Waals surface area contributed by atoms with Gasteiger partial charge in [-0.15, -0.1) is 0 Å². The zero-order chi connectivity index (χ0) is 12.2. The van der Waals surface area contributed by atoms with Crippen molar-refractivity contribution in [1.29, 1.82) is 0 Å². The molecule has 4 nitrogen and oxygen atoms in total. The minimum atomic E-state index is -1.61. The summed E-state index contributed by atoms with van der Waals surface area (Å²) in [4.78, 5) is 10.3. The van der Waals surface area contributed by atoms with E-state index in [1.165, 1.54) is 6.07 Å². The van der Waals surface area contributed by atoms with E-state index in [2.05, 4.69) is 19.6 Å². The molecular weight excluding hydrogens is 222 g/mol. The highest BCUT2D eigenvalue weighted by Crippen LogP contribution is 2.19. The van der Waals surface area contributed by atoms with Crippen molar-refractivity contribution in [3.8, 4) is 0 Å². The molecule has 0 unspecified atom stereocenters. The lowest BCUT2D eigenvalue weighted by Crippen LogP contribution is -2.21. The van der Waals surface area contributed by atoms with Crippen molar-refractivity contribution in [3.05, 3.63) is 46.2 Å². The second kappa shape index (κ2) is 4.94. The fourth-order valence-corrected chi connectivity index (χ4v) is 1.58. The number of nitro groups is 1. The highest BCUT2D eigenvalue weighted by molar-refractivity contribution is 6.69. The second-order valence-electron chi connectivity index (χ2n) is 4.35. The summed E-state index contributed by atoms with van der Waals surface area (Å²) in [6.07, 6.45) is 3.19. The summed E-state index contributed by atoms with van der Waals surface area (Å²) in [5.74, 6) is 0. The molecule has 0 saturated carbocycles. The molecule has 0 heterocycles. The van der Waals surface area contributed by atoms with Crippen LogP contribution in [0.4, 0.5) is 5.69 Å². The summed E-state index contributed by atoms with van der Waals surface area (Å²) in [7, 11) is -1.61. The van der Waals surface area contributed by atoms with E-state index in [1.54, 1.807) is 30.5 Å². The van der Waals surface area contributed by atoms with Gasteiger partial charge in [0.05, 0.1) is 16.7 Å². The van der Waals surface area contributed by atoms with Gasteiger partial charge in [0, 0.05) is 6.07 Å². The molecular formula is C11H15NO3Si. The van der Waals surface area contributed by atoms with Gasteiger partial charge in [0.2, 0.25) is 8.32 Å². The van der Waals surface area contributed by atoms with Crippen LogP contribution in [0.15, 0.2) is 30.5 Å². The predicted octanol–water partition coefficient (Wildman–Crippen LogP) is 3.42. The molecule has 0 N–H and O–H groups in total. The quantitative estimate of drug-likeness (QED) is 0.349. The number of hydrogen-bond acceptors (Lipinski definition) is 3. The lowest BCUT2D eigenvalue weighted by atomic mass is 10.2. The van der Waals surface area contributed by atoms with Crippen LogP contribution in [0.1, 0.15) is 5.56 Å². The molecule has 86 valence electrons. The molecule has 0 bridgehead atoms. The maximum absolute atomic E-state index is 10.7. The van der Waals surface area contributed by atoms with E-state index in [1.807, 2.05) is 0 Å². The summed E-state index contributed by atoms with van der Waals surface area (Å²) in [6.45, 7) is 6.16. The lowest BCUT2D eigenvalue weighted by molar-refractivity contribution is -0.385. The van der Waals surface area contributed by atoms with E-state index in [0.717, 1.165) is 0 Å². The van der Waals surface area contributed by atoms with E-state index in [-0.39, 0.29) is 5.69 Å². The lowest BCUT2D eigenvalue weighted by Gasteiger charge is -2.14. The van der Waals surface area contributed by atoms with Crippen molar-refractivity contribution in [2.45, 2.75) is 19.6 Å². The third-order valence-corrected chi connectivity index (χ3v) is 2.65. The third-order valence-electron chi connectivity index (χ3n) is 1.80. The van der Waals surface area contributed by atoms with E-state index >= 15 is 0 Å². The first-order valence-electron chi connectivity index (χ1n) is 4.98. The van der Waals surface area contributed by atoms with E-state index in [9.17, 15) is 10.1 Å². The Morgan fingerprint density at radius 2 is 1.94 bits per heavy atom. The number of hydrogen-bond donors (Lipinski definition) is 0. The standard InChI is InChI=1S/C11H15NO3Si/c1-16(2,3)15-9-8-10-6-4-5-7-11(10)12(13)14/h4-9H,1-3H3/b9-8-. The highest BCUT2D eigenvalue weighted by Gasteiger charge is 2.14. The van der Waals surface area contributed by atoms with Crippen molar-refractivity contribution in [2.75, 3.05) is 0 Å². The Labute approximate surface area is 95.8 Å². The van der Waals surface area contributed by atoms with Crippen LogP contribution in [-0.4, -0.2) is 13.2 Å². The first kappa shape index (κ1) is 12.4. The molecule has 1 aromatic rings. The van der Waals surface area contributed by atoms with Crippen LogP contribution in [0.2, 0.25) is 19.6 Å². The molecule has 5 heteroatoms. The summed E-state index contributed by atoms with van der Waals surface area (Å²) in [5.41, 5.74) is 0.656. The fraction of sp³-hybridized carbons (Fsp3) is 0.273. The molecule has 0 aliphatic carbocycles. The molecule has 0 amide bonds. The average Bonchev–Trinajstić information content (AvgIpc) is 2.16. The first-order valence-corrected chi connectivity index (χ1v) is 8.39. The number of benzene rings is 1. The molecule has 0 spiro atoms. The van der Waals surface area contributed by atoms with Crippen LogP contribution in [0.25, 0.3) is 6.08 Å². The van der Waals surface area contributed by atoms with E-state index in [4.69, 9.17) is 4.43 Å². The van der Waals surface area contributed by atoms with Crippen LogP contribution >= 0.6 is 0 Å². The Morgan fingerprint density at radius 3 is 2.50 bits per heavy atom. The normalized spacial score (nSPS) is 11.7. The molecule has 0 atom stereocenters. The SMILES string of the molecule is C[Si](C)(C)O/C=C\c1ccccc1[N+](=O)[O-]. The average molecular weight is 237 g/mol. The Bertz CT molecular complexity index is 410. The molecule has 0 fully saturated rings. The van der Waals surface area contributed by atoms with Gasteiger partial charge in [0.1, 0.15) is 0 Å². The van der Waals surface area contributed by atoms with Gasteiger partial charge in [0.15, 0.2) is 0 Å². The third kappa shape index (κ3) is 3.86. The van der Waals surface area contributed by atoms with Crippen LogP contribution < -0.4 is 0 Å². The van der Waals surface area contributed by atoms with Gasteiger partial charge < -0.3 is 4.43 Å². The highest BCUT2D eigenvalue weighted by atomic mass is 28.4. The Hall–Kier alpha value is -1.62.